The van der Waals surface area contributed by atoms with Crippen LogP contribution >= 0.6 is 0 Å². The molecule has 1 aromatic rings. The molecule has 0 aromatic heterocycles. The zero-order chi connectivity index (χ0) is 19.0. The van der Waals surface area contributed by atoms with Crippen LogP contribution in [-0.2, 0) is 10.0 Å². The Morgan fingerprint density at radius 1 is 1.15 bits per heavy atom. The van der Waals surface area contributed by atoms with Crippen LogP contribution in [0.2, 0.25) is 0 Å². The molecule has 1 amide bonds. The Hall–Kier alpha value is -1.44. The van der Waals surface area contributed by atoms with Gasteiger partial charge < -0.3 is 4.90 Å². The van der Waals surface area contributed by atoms with E-state index in [0.29, 0.717) is 25.2 Å². The summed E-state index contributed by atoms with van der Waals surface area (Å²) in [6.07, 6.45) is 3.94. The van der Waals surface area contributed by atoms with Crippen LogP contribution in [0, 0.1) is 0 Å². The molecule has 146 valence electrons. The lowest BCUT2D eigenvalue weighted by Gasteiger charge is -2.22. The molecule has 0 saturated carbocycles. The standard InChI is InChI=1S/C19H31N3O3S/c1-3-5-11-22(12-6-4-2)19(23)17-8-7-9-18(16-17)26(24,25)20-10-13-21-14-15-21/h7-9,16,20H,3-6,10-15H2,1-2H3. The molecule has 1 aliphatic heterocycles. The highest BCUT2D eigenvalue weighted by Gasteiger charge is 2.21. The predicted octanol–water partition coefficient (Wildman–Crippen LogP) is 2.32. The predicted molar refractivity (Wildman–Crippen MR) is 104 cm³/mol. The number of amides is 1. The molecule has 1 aliphatic rings. The van der Waals surface area contributed by atoms with Crippen molar-refractivity contribution in [1.29, 1.82) is 0 Å². The Bertz CT molecular complexity index is 679. The van der Waals surface area contributed by atoms with Crippen LogP contribution in [0.3, 0.4) is 0 Å². The van der Waals surface area contributed by atoms with E-state index in [1.165, 1.54) is 6.07 Å². The molecule has 26 heavy (non-hydrogen) atoms. The van der Waals surface area contributed by atoms with E-state index in [4.69, 9.17) is 0 Å². The SMILES string of the molecule is CCCCN(CCCC)C(=O)c1cccc(S(=O)(=O)NCCN2CC2)c1. The van der Waals surface area contributed by atoms with E-state index in [1.807, 2.05) is 4.90 Å². The van der Waals surface area contributed by atoms with Crippen molar-refractivity contribution in [2.45, 2.75) is 44.4 Å². The molecule has 1 fully saturated rings. The lowest BCUT2D eigenvalue weighted by Crippen LogP contribution is -2.33. The second kappa shape index (κ2) is 10.0. The van der Waals surface area contributed by atoms with E-state index in [9.17, 15) is 13.2 Å². The molecule has 0 atom stereocenters. The normalized spacial score (nSPS) is 14.4. The second-order valence-corrected chi connectivity index (χ2v) is 8.53. The molecule has 0 unspecified atom stereocenters. The average Bonchev–Trinajstić information content (AvgIpc) is 3.45. The number of carbonyl (C=O) groups excluding carboxylic acids is 1. The highest BCUT2D eigenvalue weighted by atomic mass is 32.2. The van der Waals surface area contributed by atoms with Gasteiger partial charge in [0.05, 0.1) is 4.90 Å². The monoisotopic (exact) mass is 381 g/mol. The Morgan fingerprint density at radius 3 is 2.38 bits per heavy atom. The fourth-order valence-electron chi connectivity index (χ4n) is 2.71. The number of rotatable bonds is 12. The Labute approximate surface area is 157 Å². The van der Waals surface area contributed by atoms with Gasteiger partial charge in [-0.05, 0) is 31.0 Å². The summed E-state index contributed by atoms with van der Waals surface area (Å²) in [6, 6.07) is 6.37. The van der Waals surface area contributed by atoms with Gasteiger partial charge in [0.2, 0.25) is 10.0 Å². The smallest absolute Gasteiger partial charge is 0.253 e. The molecule has 7 heteroatoms. The minimum Gasteiger partial charge on any atom is -0.339 e. The Balaban J connectivity index is 2.07. The van der Waals surface area contributed by atoms with Crippen LogP contribution in [0.4, 0.5) is 0 Å². The van der Waals surface area contributed by atoms with Crippen molar-refractivity contribution >= 4 is 15.9 Å². The fourth-order valence-corrected chi connectivity index (χ4v) is 3.77. The lowest BCUT2D eigenvalue weighted by molar-refractivity contribution is 0.0751. The van der Waals surface area contributed by atoms with Crippen LogP contribution in [0.15, 0.2) is 29.2 Å². The Morgan fingerprint density at radius 2 is 1.81 bits per heavy atom. The molecule has 0 bridgehead atoms. The summed E-state index contributed by atoms with van der Waals surface area (Å²) in [4.78, 5) is 17.0. The molecule has 1 N–H and O–H groups in total. The zero-order valence-corrected chi connectivity index (χ0v) is 16.7. The van der Waals surface area contributed by atoms with Crippen molar-refractivity contribution in [2.75, 3.05) is 39.3 Å². The number of hydrogen-bond acceptors (Lipinski definition) is 4. The quantitative estimate of drug-likeness (QED) is 0.564. The number of hydrogen-bond donors (Lipinski definition) is 1. The molecule has 2 rings (SSSR count). The second-order valence-electron chi connectivity index (χ2n) is 6.77. The highest BCUT2D eigenvalue weighted by Crippen LogP contribution is 2.15. The van der Waals surface area contributed by atoms with Crippen molar-refractivity contribution in [3.8, 4) is 0 Å². The molecule has 0 radical (unpaired) electrons. The summed E-state index contributed by atoms with van der Waals surface area (Å²) in [5, 5.41) is 0. The van der Waals surface area contributed by atoms with Gasteiger partial charge in [0.15, 0.2) is 0 Å². The maximum Gasteiger partial charge on any atom is 0.253 e. The van der Waals surface area contributed by atoms with E-state index in [2.05, 4.69) is 23.5 Å². The first-order valence-corrected chi connectivity index (χ1v) is 11.1. The first kappa shape index (κ1) is 20.9. The number of unbranched alkanes of at least 4 members (excludes halogenated alkanes) is 2. The maximum atomic E-state index is 12.9. The van der Waals surface area contributed by atoms with Gasteiger partial charge in [-0.25, -0.2) is 13.1 Å². The van der Waals surface area contributed by atoms with Crippen LogP contribution in [-0.4, -0.2) is 63.4 Å². The number of sulfonamides is 1. The van der Waals surface area contributed by atoms with E-state index in [0.717, 1.165) is 45.3 Å². The van der Waals surface area contributed by atoms with Gasteiger partial charge in [-0.2, -0.15) is 0 Å². The van der Waals surface area contributed by atoms with Crippen molar-refractivity contribution < 1.29 is 13.2 Å². The van der Waals surface area contributed by atoms with Crippen LogP contribution in [0.5, 0.6) is 0 Å². The van der Waals surface area contributed by atoms with Gasteiger partial charge in [-0.1, -0.05) is 32.8 Å². The first-order valence-electron chi connectivity index (χ1n) is 9.59. The molecular formula is C19H31N3O3S. The number of carbonyl (C=O) groups is 1. The topological polar surface area (TPSA) is 69.5 Å². The van der Waals surface area contributed by atoms with Gasteiger partial charge in [-0.15, -0.1) is 0 Å². The summed E-state index contributed by atoms with van der Waals surface area (Å²) < 4.78 is 27.6. The Kier molecular flexibility index (Phi) is 8.06. The molecule has 1 saturated heterocycles. The van der Waals surface area contributed by atoms with Gasteiger partial charge in [0.25, 0.3) is 5.91 Å². The van der Waals surface area contributed by atoms with Crippen molar-refractivity contribution in [3.63, 3.8) is 0 Å². The molecule has 1 heterocycles. The number of nitrogens with one attached hydrogen (secondary N) is 1. The average molecular weight is 382 g/mol. The molecule has 0 aliphatic carbocycles. The van der Waals surface area contributed by atoms with Crippen molar-refractivity contribution in [1.82, 2.24) is 14.5 Å². The third-order valence-electron chi connectivity index (χ3n) is 4.50. The maximum absolute atomic E-state index is 12.9. The summed E-state index contributed by atoms with van der Waals surface area (Å²) in [7, 11) is -3.59. The van der Waals surface area contributed by atoms with E-state index < -0.39 is 10.0 Å². The summed E-state index contributed by atoms with van der Waals surface area (Å²) in [5.41, 5.74) is 0.436. The van der Waals surface area contributed by atoms with Crippen LogP contribution < -0.4 is 4.72 Å². The lowest BCUT2D eigenvalue weighted by atomic mass is 10.1. The summed E-state index contributed by atoms with van der Waals surface area (Å²) in [6.45, 7) is 8.80. The van der Waals surface area contributed by atoms with Crippen molar-refractivity contribution in [2.24, 2.45) is 0 Å². The van der Waals surface area contributed by atoms with E-state index in [-0.39, 0.29) is 10.8 Å². The summed E-state index contributed by atoms with van der Waals surface area (Å²) >= 11 is 0. The first-order chi connectivity index (χ1) is 12.5. The van der Waals surface area contributed by atoms with E-state index in [1.54, 1.807) is 18.2 Å². The van der Waals surface area contributed by atoms with Crippen LogP contribution in [0.25, 0.3) is 0 Å². The third kappa shape index (κ3) is 6.37. The van der Waals surface area contributed by atoms with Crippen molar-refractivity contribution in [3.05, 3.63) is 29.8 Å². The van der Waals surface area contributed by atoms with Gasteiger partial charge in [0.1, 0.15) is 0 Å². The number of nitrogens with zero attached hydrogens (tertiary/aromatic N) is 2. The molecule has 1 aromatic carbocycles. The van der Waals surface area contributed by atoms with Gasteiger partial charge in [-0.3, -0.25) is 9.69 Å². The molecule has 6 nitrogen and oxygen atoms in total. The van der Waals surface area contributed by atoms with E-state index >= 15 is 0 Å². The summed E-state index contributed by atoms with van der Waals surface area (Å²) in [5.74, 6) is -0.0898. The largest absolute Gasteiger partial charge is 0.339 e. The molecule has 0 spiro atoms. The minimum atomic E-state index is -3.59. The molecular weight excluding hydrogens is 350 g/mol. The minimum absolute atomic E-state index is 0.0898. The number of benzene rings is 1. The van der Waals surface area contributed by atoms with Gasteiger partial charge in [0, 0.05) is 44.8 Å². The van der Waals surface area contributed by atoms with Crippen LogP contribution in [0.1, 0.15) is 49.9 Å². The van der Waals surface area contributed by atoms with Gasteiger partial charge >= 0.3 is 0 Å². The third-order valence-corrected chi connectivity index (χ3v) is 5.96. The zero-order valence-electron chi connectivity index (χ0n) is 15.9. The highest BCUT2D eigenvalue weighted by molar-refractivity contribution is 7.89. The fraction of sp³-hybridized carbons (Fsp3) is 0.632.